The zero-order chi connectivity index (χ0) is 19.1. The van der Waals surface area contributed by atoms with E-state index in [4.69, 9.17) is 9.15 Å². The Bertz CT molecular complexity index is 866. The predicted octanol–water partition coefficient (Wildman–Crippen LogP) is 4.28. The summed E-state index contributed by atoms with van der Waals surface area (Å²) in [5.74, 6) is 1.44. The van der Waals surface area contributed by atoms with Gasteiger partial charge in [0.1, 0.15) is 5.75 Å². The largest absolute Gasteiger partial charge is 0.494 e. The van der Waals surface area contributed by atoms with Gasteiger partial charge in [-0.3, -0.25) is 4.79 Å². The van der Waals surface area contributed by atoms with E-state index < -0.39 is 0 Å². The fourth-order valence-electron chi connectivity index (χ4n) is 2.56. The Morgan fingerprint density at radius 2 is 1.81 bits per heavy atom. The first-order chi connectivity index (χ1) is 13.2. The van der Waals surface area contributed by atoms with Gasteiger partial charge in [-0.05, 0) is 50.2 Å². The molecule has 1 amide bonds. The number of rotatable bonds is 8. The second-order valence-electron chi connectivity index (χ2n) is 5.59. The topological polar surface area (TPSA) is 68.5 Å². The molecule has 6 nitrogen and oxygen atoms in total. The quantitative estimate of drug-likeness (QED) is 0.541. The number of thioether (sulfide) groups is 1. The van der Waals surface area contributed by atoms with Crippen molar-refractivity contribution in [3.8, 4) is 17.2 Å². The minimum absolute atomic E-state index is 0.00508. The molecule has 0 aliphatic heterocycles. The van der Waals surface area contributed by atoms with Crippen molar-refractivity contribution in [3.05, 3.63) is 54.6 Å². The number of para-hydroxylation sites is 1. The Balaban J connectivity index is 1.61. The molecule has 0 N–H and O–H groups in total. The number of carbonyl (C=O) groups excluding carboxylic acids is 1. The first kappa shape index (κ1) is 19.0. The number of nitrogens with zero attached hydrogens (tertiary/aromatic N) is 3. The average molecular weight is 383 g/mol. The highest BCUT2D eigenvalue weighted by Crippen LogP contribution is 2.25. The van der Waals surface area contributed by atoms with Crippen molar-refractivity contribution in [1.82, 2.24) is 10.2 Å². The molecule has 0 aliphatic carbocycles. The first-order valence-corrected chi connectivity index (χ1v) is 9.74. The summed E-state index contributed by atoms with van der Waals surface area (Å²) in [5.41, 5.74) is 1.69. The smallest absolute Gasteiger partial charge is 0.277 e. The summed E-state index contributed by atoms with van der Waals surface area (Å²) in [6.45, 7) is 5.11. The second kappa shape index (κ2) is 9.23. The van der Waals surface area contributed by atoms with Crippen molar-refractivity contribution in [2.24, 2.45) is 0 Å². The molecular formula is C20H21N3O3S. The second-order valence-corrected chi connectivity index (χ2v) is 6.52. The summed E-state index contributed by atoms with van der Waals surface area (Å²) >= 11 is 1.24. The molecule has 0 unspecified atom stereocenters. The molecule has 1 heterocycles. The van der Waals surface area contributed by atoms with Crippen molar-refractivity contribution in [2.45, 2.75) is 19.1 Å². The average Bonchev–Trinajstić information content (AvgIpc) is 3.18. The van der Waals surface area contributed by atoms with Crippen molar-refractivity contribution >= 4 is 23.4 Å². The third-order valence-corrected chi connectivity index (χ3v) is 4.63. The molecular weight excluding hydrogens is 362 g/mol. The Labute approximate surface area is 162 Å². The summed E-state index contributed by atoms with van der Waals surface area (Å²) in [4.78, 5) is 14.3. The molecule has 0 saturated carbocycles. The van der Waals surface area contributed by atoms with E-state index in [9.17, 15) is 4.79 Å². The number of hydrogen-bond donors (Lipinski definition) is 0. The summed E-state index contributed by atoms with van der Waals surface area (Å²) in [5, 5.41) is 8.46. The fraction of sp³-hybridized carbons (Fsp3) is 0.250. The van der Waals surface area contributed by atoms with Gasteiger partial charge in [-0.25, -0.2) is 0 Å². The van der Waals surface area contributed by atoms with E-state index >= 15 is 0 Å². The molecule has 140 valence electrons. The highest BCUT2D eigenvalue weighted by molar-refractivity contribution is 7.99. The Kier molecular flexibility index (Phi) is 6.49. The fourth-order valence-corrected chi connectivity index (χ4v) is 3.20. The van der Waals surface area contributed by atoms with Crippen LogP contribution in [0.2, 0.25) is 0 Å². The number of benzene rings is 2. The van der Waals surface area contributed by atoms with Crippen LogP contribution in [0.4, 0.5) is 5.69 Å². The van der Waals surface area contributed by atoms with E-state index in [2.05, 4.69) is 10.2 Å². The number of amides is 1. The van der Waals surface area contributed by atoms with E-state index in [1.165, 1.54) is 11.8 Å². The predicted molar refractivity (Wildman–Crippen MR) is 106 cm³/mol. The molecule has 0 spiro atoms. The normalized spacial score (nSPS) is 10.6. The highest BCUT2D eigenvalue weighted by atomic mass is 32.2. The van der Waals surface area contributed by atoms with Crippen molar-refractivity contribution < 1.29 is 13.9 Å². The van der Waals surface area contributed by atoms with Crippen LogP contribution in [0.5, 0.6) is 5.75 Å². The monoisotopic (exact) mass is 383 g/mol. The van der Waals surface area contributed by atoms with Crippen LogP contribution < -0.4 is 9.64 Å². The lowest BCUT2D eigenvalue weighted by atomic mass is 10.2. The van der Waals surface area contributed by atoms with E-state index in [0.717, 1.165) is 17.0 Å². The van der Waals surface area contributed by atoms with Gasteiger partial charge in [0, 0.05) is 17.8 Å². The maximum atomic E-state index is 12.5. The third-order valence-electron chi connectivity index (χ3n) is 3.82. The first-order valence-electron chi connectivity index (χ1n) is 8.76. The molecule has 3 aromatic rings. The van der Waals surface area contributed by atoms with Gasteiger partial charge in [0.2, 0.25) is 11.8 Å². The zero-order valence-corrected chi connectivity index (χ0v) is 16.1. The van der Waals surface area contributed by atoms with Crippen LogP contribution >= 0.6 is 11.8 Å². The number of carbonyl (C=O) groups is 1. The van der Waals surface area contributed by atoms with Gasteiger partial charge >= 0.3 is 0 Å². The molecule has 7 heteroatoms. The van der Waals surface area contributed by atoms with Crippen molar-refractivity contribution in [2.75, 3.05) is 23.8 Å². The lowest BCUT2D eigenvalue weighted by Crippen LogP contribution is -2.32. The summed E-state index contributed by atoms with van der Waals surface area (Å²) in [6, 6.07) is 17.1. The van der Waals surface area contributed by atoms with Gasteiger partial charge in [-0.2, -0.15) is 0 Å². The standard InChI is InChI=1S/C20H21N3O3S/c1-3-23(16-8-6-5-7-9-16)18(24)14-27-20-22-21-19(26-20)15-10-12-17(13-11-15)25-4-2/h5-13H,3-4,14H2,1-2H3. The molecule has 0 saturated heterocycles. The molecule has 0 bridgehead atoms. The Morgan fingerprint density at radius 1 is 1.07 bits per heavy atom. The molecule has 1 aromatic heterocycles. The van der Waals surface area contributed by atoms with Crippen LogP contribution in [0.3, 0.4) is 0 Å². The van der Waals surface area contributed by atoms with Gasteiger partial charge in [-0.15, -0.1) is 10.2 Å². The van der Waals surface area contributed by atoms with Gasteiger partial charge in [0.05, 0.1) is 12.4 Å². The van der Waals surface area contributed by atoms with Crippen LogP contribution in [-0.4, -0.2) is 35.0 Å². The lowest BCUT2D eigenvalue weighted by Gasteiger charge is -2.20. The molecule has 0 fully saturated rings. The Morgan fingerprint density at radius 3 is 2.48 bits per heavy atom. The van der Waals surface area contributed by atoms with Gasteiger partial charge in [0.25, 0.3) is 5.22 Å². The zero-order valence-electron chi connectivity index (χ0n) is 15.3. The maximum absolute atomic E-state index is 12.5. The van der Waals surface area contributed by atoms with Crippen LogP contribution in [0.15, 0.2) is 64.2 Å². The van der Waals surface area contributed by atoms with Gasteiger partial charge in [0.15, 0.2) is 0 Å². The SMILES string of the molecule is CCOc1ccc(-c2nnc(SCC(=O)N(CC)c3ccccc3)o2)cc1. The van der Waals surface area contributed by atoms with Gasteiger partial charge < -0.3 is 14.1 Å². The van der Waals surface area contributed by atoms with Crippen LogP contribution in [0.25, 0.3) is 11.5 Å². The van der Waals surface area contributed by atoms with Gasteiger partial charge in [-0.1, -0.05) is 30.0 Å². The highest BCUT2D eigenvalue weighted by Gasteiger charge is 2.16. The van der Waals surface area contributed by atoms with Crippen LogP contribution in [0.1, 0.15) is 13.8 Å². The number of anilines is 1. The van der Waals surface area contributed by atoms with Crippen LogP contribution in [0, 0.1) is 0 Å². The molecule has 0 atom stereocenters. The molecule has 2 aromatic carbocycles. The number of hydrogen-bond acceptors (Lipinski definition) is 6. The van der Waals surface area contributed by atoms with E-state index in [1.807, 2.05) is 68.4 Å². The maximum Gasteiger partial charge on any atom is 0.277 e. The minimum atomic E-state index is -0.00508. The third kappa shape index (κ3) is 4.89. The molecule has 3 rings (SSSR count). The van der Waals surface area contributed by atoms with E-state index in [-0.39, 0.29) is 11.7 Å². The van der Waals surface area contributed by atoms with E-state index in [1.54, 1.807) is 4.90 Å². The number of ether oxygens (including phenoxy) is 1. The summed E-state index contributed by atoms with van der Waals surface area (Å²) in [6.07, 6.45) is 0. The van der Waals surface area contributed by atoms with Crippen molar-refractivity contribution in [3.63, 3.8) is 0 Å². The van der Waals surface area contributed by atoms with Crippen molar-refractivity contribution in [1.29, 1.82) is 0 Å². The van der Waals surface area contributed by atoms with Crippen LogP contribution in [-0.2, 0) is 4.79 Å². The Hall–Kier alpha value is -2.80. The summed E-state index contributed by atoms with van der Waals surface area (Å²) in [7, 11) is 0. The summed E-state index contributed by atoms with van der Waals surface area (Å²) < 4.78 is 11.1. The number of aromatic nitrogens is 2. The lowest BCUT2D eigenvalue weighted by molar-refractivity contribution is -0.116. The molecule has 0 aliphatic rings. The molecule has 27 heavy (non-hydrogen) atoms. The van der Waals surface area contributed by atoms with E-state index in [0.29, 0.717) is 24.3 Å². The minimum Gasteiger partial charge on any atom is -0.494 e. The molecule has 0 radical (unpaired) electrons.